The second-order valence-corrected chi connectivity index (χ2v) is 5.15. The van der Waals surface area contributed by atoms with Crippen LogP contribution in [0.15, 0.2) is 10.7 Å². The second-order valence-electron chi connectivity index (χ2n) is 4.29. The van der Waals surface area contributed by atoms with Gasteiger partial charge in [0, 0.05) is 6.04 Å². The Bertz CT molecular complexity index is 384. The van der Waals surface area contributed by atoms with E-state index in [0.717, 1.165) is 17.4 Å². The Morgan fingerprint density at radius 2 is 2.39 bits per heavy atom. The highest BCUT2D eigenvalue weighted by Gasteiger charge is 2.13. The molecule has 0 radical (unpaired) electrons. The summed E-state index contributed by atoms with van der Waals surface area (Å²) < 4.78 is 11.4. The zero-order chi connectivity index (χ0) is 12.8. The van der Waals surface area contributed by atoms with Gasteiger partial charge in [0.15, 0.2) is 0 Å². The van der Waals surface area contributed by atoms with Gasteiger partial charge in [0.05, 0.1) is 24.4 Å². The Labute approximate surface area is 115 Å². The Morgan fingerprint density at radius 1 is 1.50 bits per heavy atom. The van der Waals surface area contributed by atoms with Gasteiger partial charge in [0.2, 0.25) is 5.88 Å². The maximum absolute atomic E-state index is 5.54. The van der Waals surface area contributed by atoms with Crippen molar-refractivity contribution in [2.45, 2.75) is 31.7 Å². The molecule has 1 aromatic rings. The second kappa shape index (κ2) is 6.89. The molecule has 1 fully saturated rings. The minimum atomic E-state index is 0.367. The minimum Gasteiger partial charge on any atom is -0.480 e. The molecule has 18 heavy (non-hydrogen) atoms. The molecule has 2 rings (SSSR count). The van der Waals surface area contributed by atoms with Crippen LogP contribution < -0.4 is 14.8 Å². The zero-order valence-corrected chi connectivity index (χ0v) is 12.1. The summed E-state index contributed by atoms with van der Waals surface area (Å²) in [4.78, 5) is 8.24. The topological polar surface area (TPSA) is 56.3 Å². The van der Waals surface area contributed by atoms with E-state index >= 15 is 0 Å². The lowest BCUT2D eigenvalue weighted by Gasteiger charge is -2.23. The molecule has 1 atom stereocenters. The summed E-state index contributed by atoms with van der Waals surface area (Å²) in [6, 6.07) is 0.932. The number of nitrogens with zero attached hydrogens (tertiary/aromatic N) is 2. The first kappa shape index (κ1) is 13.5. The fraction of sp³-hybridized carbons (Fsp3) is 0.667. The van der Waals surface area contributed by atoms with Crippen molar-refractivity contribution < 1.29 is 9.47 Å². The number of aromatic nitrogens is 2. The fourth-order valence-corrected chi connectivity index (χ4v) is 2.36. The molecule has 0 aromatic carbocycles. The van der Waals surface area contributed by atoms with Crippen LogP contribution in [0.2, 0.25) is 0 Å². The lowest BCUT2D eigenvalue weighted by atomic mass is 10.0. The Morgan fingerprint density at radius 3 is 3.11 bits per heavy atom. The van der Waals surface area contributed by atoms with E-state index in [4.69, 9.17) is 9.47 Å². The van der Waals surface area contributed by atoms with Crippen molar-refractivity contribution in [3.63, 3.8) is 0 Å². The molecule has 2 heterocycles. The molecular formula is C12H18BrN3O2. The number of hydrogen-bond acceptors (Lipinski definition) is 5. The van der Waals surface area contributed by atoms with Crippen LogP contribution in [-0.2, 0) is 0 Å². The molecular weight excluding hydrogens is 298 g/mol. The van der Waals surface area contributed by atoms with Gasteiger partial charge in [0.1, 0.15) is 0 Å². The maximum atomic E-state index is 5.54. The average Bonchev–Trinajstić information content (AvgIpc) is 2.42. The van der Waals surface area contributed by atoms with E-state index in [0.29, 0.717) is 24.5 Å². The lowest BCUT2D eigenvalue weighted by Crippen LogP contribution is -2.35. The number of rotatable bonds is 5. The SMILES string of the molecule is COc1nc(OCCC2CCCCN2)ncc1Br. The quantitative estimate of drug-likeness (QED) is 0.902. The van der Waals surface area contributed by atoms with Gasteiger partial charge in [-0.1, -0.05) is 6.42 Å². The predicted molar refractivity (Wildman–Crippen MR) is 72.0 cm³/mol. The molecule has 0 saturated carbocycles. The molecule has 1 aliphatic rings. The first-order valence-electron chi connectivity index (χ1n) is 6.22. The molecule has 0 aliphatic carbocycles. The van der Waals surface area contributed by atoms with Crippen molar-refractivity contribution in [3.05, 3.63) is 10.7 Å². The smallest absolute Gasteiger partial charge is 0.319 e. The van der Waals surface area contributed by atoms with E-state index in [1.807, 2.05) is 0 Å². The largest absolute Gasteiger partial charge is 0.480 e. The number of halogens is 1. The van der Waals surface area contributed by atoms with Crippen LogP contribution in [0.4, 0.5) is 0 Å². The van der Waals surface area contributed by atoms with Crippen LogP contribution in [0.5, 0.6) is 11.9 Å². The summed E-state index contributed by atoms with van der Waals surface area (Å²) in [5.41, 5.74) is 0. The van der Waals surface area contributed by atoms with E-state index in [1.165, 1.54) is 19.3 Å². The Balaban J connectivity index is 1.79. The van der Waals surface area contributed by atoms with Gasteiger partial charge >= 0.3 is 6.01 Å². The van der Waals surface area contributed by atoms with Crippen LogP contribution in [0.3, 0.4) is 0 Å². The van der Waals surface area contributed by atoms with Crippen molar-refractivity contribution in [1.82, 2.24) is 15.3 Å². The van der Waals surface area contributed by atoms with E-state index in [2.05, 4.69) is 31.2 Å². The van der Waals surface area contributed by atoms with E-state index in [-0.39, 0.29) is 0 Å². The van der Waals surface area contributed by atoms with E-state index < -0.39 is 0 Å². The zero-order valence-electron chi connectivity index (χ0n) is 10.5. The first-order valence-corrected chi connectivity index (χ1v) is 7.01. The van der Waals surface area contributed by atoms with Gasteiger partial charge in [-0.3, -0.25) is 0 Å². The Kier molecular flexibility index (Phi) is 5.19. The van der Waals surface area contributed by atoms with Crippen molar-refractivity contribution in [2.75, 3.05) is 20.3 Å². The number of hydrogen-bond donors (Lipinski definition) is 1. The summed E-state index contributed by atoms with van der Waals surface area (Å²) in [6.07, 6.45) is 6.44. The molecule has 0 bridgehead atoms. The summed E-state index contributed by atoms with van der Waals surface area (Å²) in [7, 11) is 1.57. The highest BCUT2D eigenvalue weighted by atomic mass is 79.9. The third-order valence-electron chi connectivity index (χ3n) is 2.99. The summed E-state index contributed by atoms with van der Waals surface area (Å²) in [6.45, 7) is 1.75. The van der Waals surface area contributed by atoms with Crippen molar-refractivity contribution >= 4 is 15.9 Å². The summed E-state index contributed by atoms with van der Waals surface area (Å²) in [5, 5.41) is 3.48. The number of ether oxygens (including phenoxy) is 2. The molecule has 1 N–H and O–H groups in total. The van der Waals surface area contributed by atoms with Crippen LogP contribution >= 0.6 is 15.9 Å². The molecule has 0 spiro atoms. The number of methoxy groups -OCH3 is 1. The predicted octanol–water partition coefficient (Wildman–Crippen LogP) is 2.16. The maximum Gasteiger partial charge on any atom is 0.319 e. The Hall–Kier alpha value is -0.880. The summed E-state index contributed by atoms with van der Waals surface area (Å²) in [5.74, 6) is 0.496. The van der Waals surface area contributed by atoms with Crippen molar-refractivity contribution in [1.29, 1.82) is 0 Å². The van der Waals surface area contributed by atoms with Gasteiger partial charge in [-0.05, 0) is 41.7 Å². The van der Waals surface area contributed by atoms with Crippen LogP contribution in [0.1, 0.15) is 25.7 Å². The van der Waals surface area contributed by atoms with Crippen LogP contribution in [0.25, 0.3) is 0 Å². The van der Waals surface area contributed by atoms with Crippen LogP contribution in [-0.4, -0.2) is 36.3 Å². The van der Waals surface area contributed by atoms with E-state index in [1.54, 1.807) is 13.3 Å². The average molecular weight is 316 g/mol. The molecule has 100 valence electrons. The van der Waals surface area contributed by atoms with Crippen molar-refractivity contribution in [2.24, 2.45) is 0 Å². The molecule has 1 aromatic heterocycles. The van der Waals surface area contributed by atoms with Gasteiger partial charge < -0.3 is 14.8 Å². The molecule has 5 nitrogen and oxygen atoms in total. The molecule has 6 heteroatoms. The van der Waals surface area contributed by atoms with Crippen LogP contribution in [0, 0.1) is 0 Å². The lowest BCUT2D eigenvalue weighted by molar-refractivity contribution is 0.248. The minimum absolute atomic E-state index is 0.367. The highest BCUT2D eigenvalue weighted by molar-refractivity contribution is 9.10. The van der Waals surface area contributed by atoms with Gasteiger partial charge in [-0.25, -0.2) is 4.98 Å². The number of nitrogens with one attached hydrogen (secondary N) is 1. The monoisotopic (exact) mass is 315 g/mol. The van der Waals surface area contributed by atoms with Gasteiger partial charge in [-0.15, -0.1) is 0 Å². The highest BCUT2D eigenvalue weighted by Crippen LogP contribution is 2.22. The first-order chi connectivity index (χ1) is 8.79. The standard InChI is InChI=1S/C12H18BrN3O2/c1-17-11-10(13)8-15-12(16-11)18-7-5-9-4-2-3-6-14-9/h8-9,14H,2-7H2,1H3. The third kappa shape index (κ3) is 3.81. The fourth-order valence-electron chi connectivity index (χ4n) is 2.01. The summed E-state index contributed by atoms with van der Waals surface area (Å²) >= 11 is 3.31. The normalized spacial score (nSPS) is 19.6. The number of piperidine rings is 1. The molecule has 1 aliphatic heterocycles. The van der Waals surface area contributed by atoms with Gasteiger partial charge in [0.25, 0.3) is 0 Å². The molecule has 1 saturated heterocycles. The van der Waals surface area contributed by atoms with Gasteiger partial charge in [-0.2, -0.15) is 4.98 Å². The molecule has 0 amide bonds. The third-order valence-corrected chi connectivity index (χ3v) is 3.54. The van der Waals surface area contributed by atoms with E-state index in [9.17, 15) is 0 Å². The molecule has 1 unspecified atom stereocenters. The van der Waals surface area contributed by atoms with Crippen molar-refractivity contribution in [3.8, 4) is 11.9 Å².